The second kappa shape index (κ2) is 5.29. The van der Waals surface area contributed by atoms with Crippen molar-refractivity contribution in [3.05, 3.63) is 64.6 Å². The van der Waals surface area contributed by atoms with E-state index in [0.29, 0.717) is 16.6 Å². The van der Waals surface area contributed by atoms with Gasteiger partial charge >= 0.3 is 0 Å². The lowest BCUT2D eigenvalue weighted by Gasteiger charge is -2.09. The number of pyridine rings is 1. The molecule has 0 unspecified atom stereocenters. The summed E-state index contributed by atoms with van der Waals surface area (Å²) >= 11 is 3.38. The maximum absolute atomic E-state index is 13.2. The molecule has 0 spiro atoms. The minimum absolute atomic E-state index is 0.0191. The quantitative estimate of drug-likeness (QED) is 0.594. The Kier molecular flexibility index (Phi) is 3.49. The van der Waals surface area contributed by atoms with Crippen LogP contribution in [0.15, 0.2) is 59.1 Å². The summed E-state index contributed by atoms with van der Waals surface area (Å²) in [6.45, 7) is 0. The maximum atomic E-state index is 13.2. The molecule has 0 aliphatic carbocycles. The molecule has 3 rings (SSSR count). The summed E-state index contributed by atoms with van der Waals surface area (Å²) in [7, 11) is 0. The van der Waals surface area contributed by atoms with Crippen LogP contribution in [0.5, 0.6) is 0 Å². The highest BCUT2D eigenvalue weighted by Gasteiger charge is 2.14. The number of nitrogens with zero attached hydrogens (tertiary/aromatic N) is 1. The van der Waals surface area contributed by atoms with Crippen molar-refractivity contribution in [2.45, 2.75) is 6.43 Å². The van der Waals surface area contributed by atoms with Crippen molar-refractivity contribution in [1.29, 1.82) is 0 Å². The summed E-state index contributed by atoms with van der Waals surface area (Å²) in [4.78, 5) is 4.48. The van der Waals surface area contributed by atoms with Gasteiger partial charge < -0.3 is 0 Å². The molecule has 0 aliphatic rings. The zero-order chi connectivity index (χ0) is 14.1. The standard InChI is InChI=1S/C16H10BrF2N/c17-11-5-3-4-10(8-11)15-9-13(16(18)19)12-6-1-2-7-14(12)20-15/h1-9,16H. The summed E-state index contributed by atoms with van der Waals surface area (Å²) in [6, 6.07) is 15.9. The van der Waals surface area contributed by atoms with E-state index in [2.05, 4.69) is 20.9 Å². The molecule has 0 aliphatic heterocycles. The van der Waals surface area contributed by atoms with Crippen molar-refractivity contribution in [2.75, 3.05) is 0 Å². The second-order valence-corrected chi connectivity index (χ2v) is 5.34. The van der Waals surface area contributed by atoms with Crippen molar-refractivity contribution in [1.82, 2.24) is 4.98 Å². The van der Waals surface area contributed by atoms with Gasteiger partial charge in [0.25, 0.3) is 6.43 Å². The Morgan fingerprint density at radius 3 is 2.50 bits per heavy atom. The molecule has 1 nitrogen and oxygen atoms in total. The van der Waals surface area contributed by atoms with Crippen LogP contribution >= 0.6 is 15.9 Å². The number of hydrogen-bond acceptors (Lipinski definition) is 1. The van der Waals surface area contributed by atoms with Gasteiger partial charge in [0.1, 0.15) is 0 Å². The summed E-state index contributed by atoms with van der Waals surface area (Å²) in [6.07, 6.45) is -2.52. The Morgan fingerprint density at radius 1 is 0.950 bits per heavy atom. The Labute approximate surface area is 123 Å². The normalized spacial score (nSPS) is 11.2. The zero-order valence-electron chi connectivity index (χ0n) is 10.4. The van der Waals surface area contributed by atoms with Gasteiger partial charge in [-0.25, -0.2) is 13.8 Å². The Balaban J connectivity index is 2.27. The first-order chi connectivity index (χ1) is 9.65. The number of rotatable bonds is 2. The van der Waals surface area contributed by atoms with Crippen molar-refractivity contribution >= 4 is 26.8 Å². The Morgan fingerprint density at radius 2 is 1.75 bits per heavy atom. The van der Waals surface area contributed by atoms with Crippen LogP contribution in [-0.2, 0) is 0 Å². The van der Waals surface area contributed by atoms with Gasteiger partial charge in [0.15, 0.2) is 0 Å². The van der Waals surface area contributed by atoms with Gasteiger partial charge in [-0.2, -0.15) is 0 Å². The van der Waals surface area contributed by atoms with Gasteiger partial charge in [0.2, 0.25) is 0 Å². The minimum atomic E-state index is -2.52. The van der Waals surface area contributed by atoms with Crippen LogP contribution in [0.3, 0.4) is 0 Å². The van der Waals surface area contributed by atoms with E-state index in [-0.39, 0.29) is 5.56 Å². The molecule has 2 aromatic carbocycles. The molecule has 0 radical (unpaired) electrons. The number of fused-ring (bicyclic) bond motifs is 1. The van der Waals surface area contributed by atoms with Gasteiger partial charge in [0, 0.05) is 21.0 Å². The molecule has 1 heterocycles. The molecule has 1 aromatic heterocycles. The molecule has 0 saturated carbocycles. The number of hydrogen-bond donors (Lipinski definition) is 0. The largest absolute Gasteiger partial charge is 0.264 e. The van der Waals surface area contributed by atoms with E-state index >= 15 is 0 Å². The summed E-state index contributed by atoms with van der Waals surface area (Å²) in [5.41, 5.74) is 1.97. The third-order valence-electron chi connectivity index (χ3n) is 3.10. The van der Waals surface area contributed by atoms with Crippen molar-refractivity contribution in [2.24, 2.45) is 0 Å². The molecule has 20 heavy (non-hydrogen) atoms. The fourth-order valence-corrected chi connectivity index (χ4v) is 2.58. The highest BCUT2D eigenvalue weighted by Crippen LogP contribution is 2.31. The topological polar surface area (TPSA) is 12.9 Å². The van der Waals surface area contributed by atoms with Crippen LogP contribution < -0.4 is 0 Å². The van der Waals surface area contributed by atoms with Crippen LogP contribution in [0.25, 0.3) is 22.2 Å². The van der Waals surface area contributed by atoms with E-state index in [1.54, 1.807) is 24.3 Å². The van der Waals surface area contributed by atoms with Crippen LogP contribution in [-0.4, -0.2) is 4.98 Å². The van der Waals surface area contributed by atoms with E-state index in [4.69, 9.17) is 0 Å². The van der Waals surface area contributed by atoms with Gasteiger partial charge in [-0.15, -0.1) is 0 Å². The van der Waals surface area contributed by atoms with E-state index in [1.165, 1.54) is 6.07 Å². The molecule has 0 atom stereocenters. The molecule has 4 heteroatoms. The van der Waals surface area contributed by atoms with Crippen molar-refractivity contribution in [3.8, 4) is 11.3 Å². The third kappa shape index (κ3) is 2.43. The van der Waals surface area contributed by atoms with Gasteiger partial charge in [-0.1, -0.05) is 46.3 Å². The predicted octanol–water partition coefficient (Wildman–Crippen LogP) is 5.60. The average molecular weight is 334 g/mol. The van der Waals surface area contributed by atoms with E-state index in [9.17, 15) is 8.78 Å². The lowest BCUT2D eigenvalue weighted by molar-refractivity contribution is 0.153. The lowest BCUT2D eigenvalue weighted by Crippen LogP contribution is -1.93. The molecule has 0 fully saturated rings. The Hall–Kier alpha value is -1.81. The first-order valence-corrected chi connectivity index (χ1v) is 6.88. The van der Waals surface area contributed by atoms with Crippen LogP contribution in [0, 0.1) is 0 Å². The first kappa shape index (κ1) is 13.2. The molecule has 100 valence electrons. The fourth-order valence-electron chi connectivity index (χ4n) is 2.18. The summed E-state index contributed by atoms with van der Waals surface area (Å²) in [5, 5.41) is 0.501. The second-order valence-electron chi connectivity index (χ2n) is 4.42. The van der Waals surface area contributed by atoms with Crippen LogP contribution in [0.4, 0.5) is 8.78 Å². The van der Waals surface area contributed by atoms with Crippen LogP contribution in [0.1, 0.15) is 12.0 Å². The predicted molar refractivity (Wildman–Crippen MR) is 79.8 cm³/mol. The van der Waals surface area contributed by atoms with Crippen molar-refractivity contribution < 1.29 is 8.78 Å². The molecule has 0 bridgehead atoms. The monoisotopic (exact) mass is 333 g/mol. The minimum Gasteiger partial charge on any atom is -0.248 e. The van der Waals surface area contributed by atoms with E-state index in [0.717, 1.165) is 10.0 Å². The van der Waals surface area contributed by atoms with E-state index in [1.807, 2.05) is 24.3 Å². The summed E-state index contributed by atoms with van der Waals surface area (Å²) < 4.78 is 27.4. The van der Waals surface area contributed by atoms with Crippen LogP contribution in [0.2, 0.25) is 0 Å². The number of alkyl halides is 2. The molecule has 0 amide bonds. The summed E-state index contributed by atoms with van der Waals surface area (Å²) in [5.74, 6) is 0. The van der Waals surface area contributed by atoms with Gasteiger partial charge in [-0.05, 0) is 24.3 Å². The van der Waals surface area contributed by atoms with Gasteiger partial charge in [0.05, 0.1) is 11.2 Å². The molecule has 0 N–H and O–H groups in total. The van der Waals surface area contributed by atoms with E-state index < -0.39 is 6.43 Å². The highest BCUT2D eigenvalue weighted by atomic mass is 79.9. The van der Waals surface area contributed by atoms with Gasteiger partial charge in [-0.3, -0.25) is 0 Å². The highest BCUT2D eigenvalue weighted by molar-refractivity contribution is 9.10. The number of benzene rings is 2. The fraction of sp³-hybridized carbons (Fsp3) is 0.0625. The number of para-hydroxylation sites is 1. The molecule has 0 saturated heterocycles. The smallest absolute Gasteiger partial charge is 0.248 e. The lowest BCUT2D eigenvalue weighted by atomic mass is 10.0. The molecule has 3 aromatic rings. The Bertz CT molecular complexity index is 771. The van der Waals surface area contributed by atoms with Crippen molar-refractivity contribution in [3.63, 3.8) is 0 Å². The average Bonchev–Trinajstić information content (AvgIpc) is 2.46. The third-order valence-corrected chi connectivity index (χ3v) is 3.60. The maximum Gasteiger partial charge on any atom is 0.264 e. The molecular formula is C16H10BrF2N. The number of aromatic nitrogens is 1. The zero-order valence-corrected chi connectivity index (χ0v) is 11.9. The number of halogens is 3. The molecular weight excluding hydrogens is 324 g/mol. The first-order valence-electron chi connectivity index (χ1n) is 6.09. The SMILES string of the molecule is FC(F)c1cc(-c2cccc(Br)c2)nc2ccccc12.